The van der Waals surface area contributed by atoms with Crippen LogP contribution in [0.4, 0.5) is 8.78 Å². The minimum absolute atomic E-state index is 0.411. The van der Waals surface area contributed by atoms with Gasteiger partial charge in [-0.2, -0.15) is 0 Å². The molecule has 0 aliphatic carbocycles. The number of aryl methyl sites for hydroxylation is 2. The number of furan rings is 1. The molecular formula is C14H15F2NO4S. The van der Waals surface area contributed by atoms with E-state index in [-0.39, 0.29) is 0 Å². The lowest BCUT2D eigenvalue weighted by Crippen LogP contribution is -2.30. The monoisotopic (exact) mass is 331 g/mol. The Morgan fingerprint density at radius 1 is 1.27 bits per heavy atom. The molecule has 0 saturated carbocycles. The molecule has 120 valence electrons. The Hall–Kier alpha value is -1.77. The fourth-order valence-corrected chi connectivity index (χ4v) is 3.26. The van der Waals surface area contributed by atoms with Gasteiger partial charge < -0.3 is 9.52 Å². The van der Waals surface area contributed by atoms with E-state index in [9.17, 15) is 22.3 Å². The van der Waals surface area contributed by atoms with Crippen molar-refractivity contribution < 1.29 is 26.7 Å². The van der Waals surface area contributed by atoms with E-state index in [0.717, 1.165) is 18.2 Å². The summed E-state index contributed by atoms with van der Waals surface area (Å²) in [5.74, 6) is -1.38. The van der Waals surface area contributed by atoms with Gasteiger partial charge in [0.15, 0.2) is 4.90 Å². The summed E-state index contributed by atoms with van der Waals surface area (Å²) in [6.07, 6.45) is -1.19. The van der Waals surface area contributed by atoms with Crippen molar-refractivity contribution in [3.63, 3.8) is 0 Å². The molecule has 1 aromatic carbocycles. The first-order chi connectivity index (χ1) is 10.2. The second kappa shape index (κ2) is 6.15. The Morgan fingerprint density at radius 2 is 1.86 bits per heavy atom. The molecular weight excluding hydrogens is 316 g/mol. The number of rotatable bonds is 5. The summed E-state index contributed by atoms with van der Waals surface area (Å²) < 4.78 is 58.2. The maximum atomic E-state index is 13.5. The number of benzene rings is 1. The molecule has 0 bridgehead atoms. The fraction of sp³-hybridized carbons (Fsp3) is 0.286. The molecule has 1 atom stereocenters. The molecule has 2 N–H and O–H groups in total. The molecule has 8 heteroatoms. The smallest absolute Gasteiger partial charge is 0.246 e. The van der Waals surface area contributed by atoms with Gasteiger partial charge in [0.1, 0.15) is 23.2 Å². The van der Waals surface area contributed by atoms with Crippen molar-refractivity contribution >= 4 is 10.0 Å². The highest BCUT2D eigenvalue weighted by Crippen LogP contribution is 2.22. The molecule has 0 spiro atoms. The molecule has 0 amide bonds. The molecule has 0 aliphatic heterocycles. The summed E-state index contributed by atoms with van der Waals surface area (Å²) in [4.78, 5) is -1.07. The van der Waals surface area contributed by atoms with E-state index in [1.54, 1.807) is 19.9 Å². The van der Waals surface area contributed by atoms with E-state index in [0.29, 0.717) is 17.1 Å². The standard InChI is InChI=1S/C14H15F2NO4S/c1-8-6-10(9(2)21-8)13(18)7-17-22(19,20)14-11(15)4-3-5-12(14)16/h3-6,13,17-18H,7H2,1-2H3. The normalized spacial score (nSPS) is 13.3. The lowest BCUT2D eigenvalue weighted by Gasteiger charge is -2.12. The Labute approximate surface area is 126 Å². The van der Waals surface area contributed by atoms with Gasteiger partial charge in [-0.1, -0.05) is 6.07 Å². The van der Waals surface area contributed by atoms with Crippen LogP contribution in [0, 0.1) is 25.5 Å². The van der Waals surface area contributed by atoms with Gasteiger partial charge in [-0.15, -0.1) is 0 Å². The average Bonchev–Trinajstić information content (AvgIpc) is 2.75. The van der Waals surface area contributed by atoms with E-state index < -0.39 is 39.2 Å². The molecule has 2 aromatic rings. The van der Waals surface area contributed by atoms with Crippen molar-refractivity contribution in [2.24, 2.45) is 0 Å². The van der Waals surface area contributed by atoms with Crippen molar-refractivity contribution in [3.8, 4) is 0 Å². The van der Waals surface area contributed by atoms with Crippen molar-refractivity contribution in [2.45, 2.75) is 24.8 Å². The Kier molecular flexibility index (Phi) is 4.64. The maximum Gasteiger partial charge on any atom is 0.246 e. The molecule has 1 unspecified atom stereocenters. The number of nitrogens with one attached hydrogen (secondary N) is 1. The van der Waals surface area contributed by atoms with Crippen LogP contribution in [-0.2, 0) is 10.0 Å². The Morgan fingerprint density at radius 3 is 2.36 bits per heavy atom. The number of sulfonamides is 1. The van der Waals surface area contributed by atoms with Gasteiger partial charge in [0.05, 0.1) is 6.10 Å². The summed E-state index contributed by atoms with van der Waals surface area (Å²) in [6.45, 7) is 2.87. The summed E-state index contributed by atoms with van der Waals surface area (Å²) in [6, 6.07) is 4.32. The molecule has 1 aromatic heterocycles. The number of hydrogen-bond donors (Lipinski definition) is 2. The summed E-state index contributed by atoms with van der Waals surface area (Å²) in [7, 11) is -4.42. The van der Waals surface area contributed by atoms with E-state index in [4.69, 9.17) is 4.42 Å². The van der Waals surface area contributed by atoms with Gasteiger partial charge in [-0.05, 0) is 32.0 Å². The number of aliphatic hydroxyl groups excluding tert-OH is 1. The van der Waals surface area contributed by atoms with E-state index in [2.05, 4.69) is 0 Å². The van der Waals surface area contributed by atoms with Crippen molar-refractivity contribution in [2.75, 3.05) is 6.54 Å². The number of aliphatic hydroxyl groups is 1. The van der Waals surface area contributed by atoms with Gasteiger partial charge in [-0.3, -0.25) is 0 Å². The third-order valence-electron chi connectivity index (χ3n) is 3.09. The second-order valence-corrected chi connectivity index (χ2v) is 6.49. The molecule has 0 radical (unpaired) electrons. The van der Waals surface area contributed by atoms with E-state index >= 15 is 0 Å². The minimum atomic E-state index is -4.42. The first-order valence-corrected chi connectivity index (χ1v) is 7.89. The maximum absolute atomic E-state index is 13.5. The highest BCUT2D eigenvalue weighted by molar-refractivity contribution is 7.89. The quantitative estimate of drug-likeness (QED) is 0.880. The van der Waals surface area contributed by atoms with Gasteiger partial charge in [0.25, 0.3) is 0 Å². The fourth-order valence-electron chi connectivity index (χ4n) is 2.09. The van der Waals surface area contributed by atoms with Crippen LogP contribution >= 0.6 is 0 Å². The topological polar surface area (TPSA) is 79.5 Å². The van der Waals surface area contributed by atoms with Gasteiger partial charge in [0.2, 0.25) is 10.0 Å². The van der Waals surface area contributed by atoms with Crippen molar-refractivity contribution in [1.82, 2.24) is 4.72 Å². The Bertz CT molecular complexity index is 766. The molecule has 2 rings (SSSR count). The second-order valence-electron chi connectivity index (χ2n) is 4.79. The van der Waals surface area contributed by atoms with Crippen LogP contribution in [0.15, 0.2) is 33.6 Å². The van der Waals surface area contributed by atoms with Gasteiger partial charge in [-0.25, -0.2) is 21.9 Å². The largest absolute Gasteiger partial charge is 0.466 e. The van der Waals surface area contributed by atoms with Crippen LogP contribution in [-0.4, -0.2) is 20.1 Å². The summed E-state index contributed by atoms with van der Waals surface area (Å²) >= 11 is 0. The zero-order valence-electron chi connectivity index (χ0n) is 11.9. The van der Waals surface area contributed by atoms with Crippen LogP contribution in [0.1, 0.15) is 23.2 Å². The predicted molar refractivity (Wildman–Crippen MR) is 74.7 cm³/mol. The lowest BCUT2D eigenvalue weighted by atomic mass is 10.1. The molecule has 1 heterocycles. The zero-order valence-corrected chi connectivity index (χ0v) is 12.7. The van der Waals surface area contributed by atoms with E-state index in [1.165, 1.54) is 0 Å². The van der Waals surface area contributed by atoms with Crippen LogP contribution < -0.4 is 4.72 Å². The van der Waals surface area contributed by atoms with Gasteiger partial charge in [0, 0.05) is 12.1 Å². The highest BCUT2D eigenvalue weighted by Gasteiger charge is 2.25. The number of hydrogen-bond acceptors (Lipinski definition) is 4. The van der Waals surface area contributed by atoms with Crippen molar-refractivity contribution in [3.05, 3.63) is 53.0 Å². The zero-order chi connectivity index (χ0) is 16.5. The van der Waals surface area contributed by atoms with Crippen LogP contribution in [0.3, 0.4) is 0 Å². The first kappa shape index (κ1) is 16.6. The lowest BCUT2D eigenvalue weighted by molar-refractivity contribution is 0.180. The number of halogens is 2. The SMILES string of the molecule is Cc1cc(C(O)CNS(=O)(=O)c2c(F)cccc2F)c(C)o1. The van der Waals surface area contributed by atoms with Crippen LogP contribution in [0.2, 0.25) is 0 Å². The van der Waals surface area contributed by atoms with Gasteiger partial charge >= 0.3 is 0 Å². The van der Waals surface area contributed by atoms with Crippen molar-refractivity contribution in [1.29, 1.82) is 0 Å². The molecule has 0 fully saturated rings. The average molecular weight is 331 g/mol. The summed E-state index contributed by atoms with van der Waals surface area (Å²) in [5, 5.41) is 9.99. The van der Waals surface area contributed by atoms with Crippen LogP contribution in [0.25, 0.3) is 0 Å². The minimum Gasteiger partial charge on any atom is -0.466 e. The third kappa shape index (κ3) is 3.34. The highest BCUT2D eigenvalue weighted by atomic mass is 32.2. The molecule has 0 saturated heterocycles. The van der Waals surface area contributed by atoms with Crippen LogP contribution in [0.5, 0.6) is 0 Å². The first-order valence-electron chi connectivity index (χ1n) is 6.41. The summed E-state index contributed by atoms with van der Waals surface area (Å²) in [5.41, 5.74) is 0.411. The molecule has 22 heavy (non-hydrogen) atoms. The Balaban J connectivity index is 2.18. The predicted octanol–water partition coefficient (Wildman–Crippen LogP) is 2.19. The molecule has 0 aliphatic rings. The third-order valence-corrected chi connectivity index (χ3v) is 4.57. The molecule has 5 nitrogen and oxygen atoms in total. The van der Waals surface area contributed by atoms with E-state index in [1.807, 2.05) is 4.72 Å².